The molecule has 2 aromatic carbocycles. The summed E-state index contributed by atoms with van der Waals surface area (Å²) in [7, 11) is 0. The van der Waals surface area contributed by atoms with E-state index < -0.39 is 11.8 Å². The molecule has 0 saturated carbocycles. The maximum Gasteiger partial charge on any atom is 0.331 e. The number of nitrogens with one attached hydrogen (secondary N) is 2. The van der Waals surface area contributed by atoms with Gasteiger partial charge in [0.1, 0.15) is 0 Å². The van der Waals surface area contributed by atoms with Crippen molar-refractivity contribution in [1.82, 2.24) is 10.9 Å². The van der Waals surface area contributed by atoms with Gasteiger partial charge in [0, 0.05) is 21.2 Å². The summed E-state index contributed by atoms with van der Waals surface area (Å²) in [5.41, 5.74) is 5.37. The fourth-order valence-electron chi connectivity index (χ4n) is 1.58. The summed E-state index contributed by atoms with van der Waals surface area (Å²) >= 11 is 11.9. The van der Waals surface area contributed by atoms with Crippen molar-refractivity contribution in [2.24, 2.45) is 10.2 Å². The fourth-order valence-corrected chi connectivity index (χ4v) is 1.95. The first-order valence-electron chi connectivity index (χ1n) is 6.73. The summed E-state index contributed by atoms with van der Waals surface area (Å²) in [6, 6.07) is 13.9. The molecule has 0 aliphatic rings. The normalized spacial score (nSPS) is 10.9. The van der Waals surface area contributed by atoms with Gasteiger partial charge >= 0.3 is 11.8 Å². The topological polar surface area (TPSA) is 82.9 Å². The predicted molar refractivity (Wildman–Crippen MR) is 94.4 cm³/mol. The van der Waals surface area contributed by atoms with E-state index in [-0.39, 0.29) is 0 Å². The lowest BCUT2D eigenvalue weighted by Gasteiger charge is -1.99. The smallest absolute Gasteiger partial charge is 0.262 e. The SMILES string of the molecule is O=C(N/N=C\c1ccccc1Cl)C(=O)N/N=C/c1ccccc1Cl. The summed E-state index contributed by atoms with van der Waals surface area (Å²) in [5, 5.41) is 8.27. The van der Waals surface area contributed by atoms with Crippen LogP contribution in [0.3, 0.4) is 0 Å². The molecule has 0 saturated heterocycles. The molecule has 8 heteroatoms. The van der Waals surface area contributed by atoms with Crippen molar-refractivity contribution in [2.75, 3.05) is 0 Å². The Bertz CT molecular complexity index is 739. The molecule has 24 heavy (non-hydrogen) atoms. The molecule has 2 amide bonds. The molecule has 0 heterocycles. The number of benzene rings is 2. The van der Waals surface area contributed by atoms with Gasteiger partial charge in [0.05, 0.1) is 12.4 Å². The van der Waals surface area contributed by atoms with E-state index in [2.05, 4.69) is 21.1 Å². The van der Waals surface area contributed by atoms with Crippen molar-refractivity contribution < 1.29 is 9.59 Å². The lowest BCUT2D eigenvalue weighted by atomic mass is 10.2. The maximum atomic E-state index is 11.6. The molecule has 2 aromatic rings. The van der Waals surface area contributed by atoms with Crippen LogP contribution in [0, 0.1) is 0 Å². The molecular formula is C16H12Cl2N4O2. The highest BCUT2D eigenvalue weighted by Gasteiger charge is 2.11. The molecule has 6 nitrogen and oxygen atoms in total. The molecule has 0 atom stereocenters. The number of hydrazone groups is 2. The Morgan fingerprint density at radius 3 is 1.50 bits per heavy atom. The monoisotopic (exact) mass is 362 g/mol. The van der Waals surface area contributed by atoms with E-state index in [1.807, 2.05) is 0 Å². The van der Waals surface area contributed by atoms with E-state index in [1.54, 1.807) is 48.5 Å². The minimum Gasteiger partial charge on any atom is -0.262 e. The van der Waals surface area contributed by atoms with Gasteiger partial charge in [0.25, 0.3) is 0 Å². The second-order valence-electron chi connectivity index (χ2n) is 4.44. The molecule has 2 rings (SSSR count). The third-order valence-corrected chi connectivity index (χ3v) is 3.44. The van der Waals surface area contributed by atoms with Gasteiger partial charge in [0.15, 0.2) is 0 Å². The van der Waals surface area contributed by atoms with E-state index in [9.17, 15) is 9.59 Å². The van der Waals surface area contributed by atoms with Gasteiger partial charge < -0.3 is 0 Å². The second-order valence-corrected chi connectivity index (χ2v) is 5.26. The van der Waals surface area contributed by atoms with Crippen molar-refractivity contribution in [2.45, 2.75) is 0 Å². The first-order valence-corrected chi connectivity index (χ1v) is 7.49. The zero-order chi connectivity index (χ0) is 17.4. The van der Waals surface area contributed by atoms with E-state index in [0.717, 1.165) is 0 Å². The van der Waals surface area contributed by atoms with Crippen LogP contribution in [0.2, 0.25) is 10.0 Å². The van der Waals surface area contributed by atoms with Gasteiger partial charge in [-0.05, 0) is 12.1 Å². The Morgan fingerprint density at radius 1 is 0.750 bits per heavy atom. The number of carbonyl (C=O) groups is 2. The summed E-state index contributed by atoms with van der Waals surface area (Å²) in [6.45, 7) is 0. The zero-order valence-electron chi connectivity index (χ0n) is 12.2. The Kier molecular flexibility index (Phi) is 6.48. The first kappa shape index (κ1) is 17.7. The van der Waals surface area contributed by atoms with Gasteiger partial charge in [-0.3, -0.25) is 9.59 Å². The van der Waals surface area contributed by atoms with Crippen molar-refractivity contribution in [3.8, 4) is 0 Å². The van der Waals surface area contributed by atoms with Gasteiger partial charge in [-0.1, -0.05) is 59.6 Å². The number of hydrogen-bond donors (Lipinski definition) is 2. The average Bonchev–Trinajstić information content (AvgIpc) is 2.58. The molecule has 0 bridgehead atoms. The first-order chi connectivity index (χ1) is 11.6. The highest BCUT2D eigenvalue weighted by molar-refractivity contribution is 6.35. The van der Waals surface area contributed by atoms with Crippen LogP contribution in [-0.4, -0.2) is 24.2 Å². The minimum atomic E-state index is -0.963. The zero-order valence-corrected chi connectivity index (χ0v) is 13.8. The van der Waals surface area contributed by atoms with Crippen LogP contribution >= 0.6 is 23.2 Å². The molecule has 0 fully saturated rings. The fraction of sp³-hybridized carbons (Fsp3) is 0. The van der Waals surface area contributed by atoms with E-state index in [1.165, 1.54) is 12.4 Å². The van der Waals surface area contributed by atoms with Gasteiger partial charge in [0.2, 0.25) is 0 Å². The average molecular weight is 363 g/mol. The quantitative estimate of drug-likeness (QED) is 0.497. The standard InChI is InChI=1S/C16H12Cl2N4O2/c17-13-7-3-1-5-11(13)9-19-21-15(23)16(24)22-20-10-12-6-2-4-8-14(12)18/h1-10H,(H,21,23)(H,22,24)/b19-9-,20-10+. The largest absolute Gasteiger partial charge is 0.331 e. The number of rotatable bonds is 4. The summed E-state index contributed by atoms with van der Waals surface area (Å²) in [4.78, 5) is 23.1. The Balaban J connectivity index is 1.85. The lowest BCUT2D eigenvalue weighted by Crippen LogP contribution is -2.35. The van der Waals surface area contributed by atoms with Crippen molar-refractivity contribution in [3.05, 3.63) is 69.7 Å². The minimum absolute atomic E-state index is 0.476. The van der Waals surface area contributed by atoms with Crippen LogP contribution in [0.5, 0.6) is 0 Å². The number of halogens is 2. The maximum absolute atomic E-state index is 11.6. The molecule has 0 aliphatic heterocycles. The number of carbonyl (C=O) groups excluding carboxylic acids is 2. The molecule has 0 radical (unpaired) electrons. The molecule has 0 aromatic heterocycles. The van der Waals surface area contributed by atoms with Gasteiger partial charge in [-0.25, -0.2) is 10.9 Å². The molecule has 0 spiro atoms. The Labute approximate surface area is 148 Å². The van der Waals surface area contributed by atoms with Crippen LogP contribution in [0.25, 0.3) is 0 Å². The third-order valence-electron chi connectivity index (χ3n) is 2.76. The van der Waals surface area contributed by atoms with Gasteiger partial charge in [-0.2, -0.15) is 10.2 Å². The Hall–Kier alpha value is -2.70. The molecular weight excluding hydrogens is 351 g/mol. The highest BCUT2D eigenvalue weighted by atomic mass is 35.5. The Morgan fingerprint density at radius 2 is 1.12 bits per heavy atom. The third kappa shape index (κ3) is 5.19. The van der Waals surface area contributed by atoms with Gasteiger partial charge in [-0.15, -0.1) is 0 Å². The summed E-state index contributed by atoms with van der Waals surface area (Å²) in [6.07, 6.45) is 2.67. The van der Waals surface area contributed by atoms with E-state index in [4.69, 9.17) is 23.2 Å². The number of amides is 2. The molecule has 2 N–H and O–H groups in total. The number of nitrogens with zero attached hydrogens (tertiary/aromatic N) is 2. The molecule has 0 aliphatic carbocycles. The van der Waals surface area contributed by atoms with Crippen molar-refractivity contribution in [3.63, 3.8) is 0 Å². The van der Waals surface area contributed by atoms with Crippen LogP contribution in [0.15, 0.2) is 58.7 Å². The van der Waals surface area contributed by atoms with Crippen molar-refractivity contribution >= 4 is 47.4 Å². The van der Waals surface area contributed by atoms with Crippen molar-refractivity contribution in [1.29, 1.82) is 0 Å². The van der Waals surface area contributed by atoms with E-state index in [0.29, 0.717) is 21.2 Å². The summed E-state index contributed by atoms with van der Waals surface area (Å²) < 4.78 is 0. The highest BCUT2D eigenvalue weighted by Crippen LogP contribution is 2.12. The number of hydrogen-bond acceptors (Lipinski definition) is 4. The van der Waals surface area contributed by atoms with Crippen LogP contribution < -0.4 is 10.9 Å². The van der Waals surface area contributed by atoms with E-state index >= 15 is 0 Å². The lowest BCUT2D eigenvalue weighted by molar-refractivity contribution is -0.139. The summed E-state index contributed by atoms with van der Waals surface area (Å²) in [5.74, 6) is -1.93. The van der Waals surface area contributed by atoms with Crippen LogP contribution in [0.4, 0.5) is 0 Å². The molecule has 122 valence electrons. The second kappa shape index (κ2) is 8.81. The molecule has 0 unspecified atom stereocenters. The predicted octanol–water partition coefficient (Wildman–Crippen LogP) is 2.59. The van der Waals surface area contributed by atoms with Crippen LogP contribution in [-0.2, 0) is 9.59 Å². The van der Waals surface area contributed by atoms with Crippen LogP contribution in [0.1, 0.15) is 11.1 Å².